The number of aromatic nitrogens is 1. The predicted octanol–water partition coefficient (Wildman–Crippen LogP) is 4.84. The van der Waals surface area contributed by atoms with Crippen LogP contribution in [-0.4, -0.2) is 34.9 Å². The van der Waals surface area contributed by atoms with Crippen LogP contribution in [0.3, 0.4) is 0 Å². The van der Waals surface area contributed by atoms with Gasteiger partial charge < -0.3 is 10.2 Å². The van der Waals surface area contributed by atoms with Gasteiger partial charge in [0.1, 0.15) is 5.82 Å². The Morgan fingerprint density at radius 3 is 2.77 bits per heavy atom. The molecule has 2 fully saturated rings. The van der Waals surface area contributed by atoms with E-state index in [0.29, 0.717) is 17.0 Å². The second-order valence-electron chi connectivity index (χ2n) is 7.33. The van der Waals surface area contributed by atoms with Crippen molar-refractivity contribution in [1.82, 2.24) is 9.88 Å². The van der Waals surface area contributed by atoms with Gasteiger partial charge in [-0.15, -0.1) is 0 Å². The first-order valence-corrected chi connectivity index (χ1v) is 10.4. The molecule has 4 rings (SSSR count). The standard InChI is InChI=1S/C20H21ClIN3O/c21-14-5-6-18(23-12-14)24-13-15-11-20(7-8-20)9-10-25(15)19(26)16-3-1-2-4-17(16)22/h1-6,12,15H,7-11,13H2,(H,23,24)/t15-/m0/s1. The average Bonchev–Trinajstić information content (AvgIpc) is 3.40. The summed E-state index contributed by atoms with van der Waals surface area (Å²) in [5.41, 5.74) is 1.27. The van der Waals surface area contributed by atoms with Crippen molar-refractivity contribution >= 4 is 45.9 Å². The third-order valence-corrected chi connectivity index (χ3v) is 6.73. The lowest BCUT2D eigenvalue weighted by molar-refractivity contribution is 0.0545. The number of halogens is 2. The van der Waals surface area contributed by atoms with Gasteiger partial charge in [-0.05, 0) is 78.0 Å². The van der Waals surface area contributed by atoms with Gasteiger partial charge in [0.25, 0.3) is 5.91 Å². The highest BCUT2D eigenvalue weighted by molar-refractivity contribution is 14.1. The molecule has 0 radical (unpaired) electrons. The molecule has 1 aromatic carbocycles. The summed E-state index contributed by atoms with van der Waals surface area (Å²) in [5, 5.41) is 4.02. The van der Waals surface area contributed by atoms with E-state index in [0.717, 1.165) is 34.3 Å². The first-order chi connectivity index (χ1) is 12.6. The van der Waals surface area contributed by atoms with Crippen LogP contribution in [0.1, 0.15) is 36.0 Å². The van der Waals surface area contributed by atoms with Gasteiger partial charge in [-0.1, -0.05) is 23.7 Å². The summed E-state index contributed by atoms with van der Waals surface area (Å²) >= 11 is 8.16. The van der Waals surface area contributed by atoms with Crippen LogP contribution in [0.25, 0.3) is 0 Å². The highest BCUT2D eigenvalue weighted by Crippen LogP contribution is 2.55. The molecule has 1 N–H and O–H groups in total. The van der Waals surface area contributed by atoms with E-state index in [4.69, 9.17) is 11.6 Å². The lowest BCUT2D eigenvalue weighted by atomic mass is 9.87. The van der Waals surface area contributed by atoms with Crippen molar-refractivity contribution in [2.24, 2.45) is 5.41 Å². The maximum absolute atomic E-state index is 13.2. The number of nitrogens with zero attached hydrogens (tertiary/aromatic N) is 2. The number of benzene rings is 1. The predicted molar refractivity (Wildman–Crippen MR) is 113 cm³/mol. The Labute approximate surface area is 172 Å². The highest BCUT2D eigenvalue weighted by atomic mass is 127. The van der Waals surface area contributed by atoms with Gasteiger partial charge >= 0.3 is 0 Å². The molecule has 1 saturated carbocycles. The fraction of sp³-hybridized carbons (Fsp3) is 0.400. The van der Waals surface area contributed by atoms with Crippen LogP contribution < -0.4 is 5.32 Å². The molecular formula is C20H21ClIN3O. The SMILES string of the molecule is O=C(c1ccccc1I)N1CCC2(CC2)C[C@H]1CNc1ccc(Cl)cn1. The number of rotatable bonds is 4. The van der Waals surface area contributed by atoms with Crippen LogP contribution in [0.15, 0.2) is 42.6 Å². The Kier molecular flexibility index (Phi) is 5.10. The quantitative estimate of drug-likeness (QED) is 0.636. The number of pyridine rings is 1. The second-order valence-corrected chi connectivity index (χ2v) is 8.93. The smallest absolute Gasteiger partial charge is 0.255 e. The van der Waals surface area contributed by atoms with Crippen LogP contribution in [-0.2, 0) is 0 Å². The normalized spacial score (nSPS) is 20.8. The summed E-state index contributed by atoms with van der Waals surface area (Å²) in [7, 11) is 0. The Hall–Kier alpha value is -1.34. The van der Waals surface area contributed by atoms with E-state index in [1.165, 1.54) is 12.8 Å². The largest absolute Gasteiger partial charge is 0.368 e. The number of hydrogen-bond acceptors (Lipinski definition) is 3. The first kappa shape index (κ1) is 18.0. The molecule has 0 unspecified atom stereocenters. The Morgan fingerprint density at radius 2 is 2.08 bits per heavy atom. The summed E-state index contributed by atoms with van der Waals surface area (Å²) in [4.78, 5) is 19.5. The van der Waals surface area contributed by atoms with Gasteiger partial charge in [-0.3, -0.25) is 4.79 Å². The van der Waals surface area contributed by atoms with E-state index >= 15 is 0 Å². The molecule has 136 valence electrons. The summed E-state index contributed by atoms with van der Waals surface area (Å²) in [6.07, 6.45) is 6.43. The van der Waals surface area contributed by atoms with Gasteiger partial charge in [0.05, 0.1) is 10.6 Å². The minimum Gasteiger partial charge on any atom is -0.368 e. The van der Waals surface area contributed by atoms with Gasteiger partial charge in [-0.25, -0.2) is 4.98 Å². The minimum absolute atomic E-state index is 0.140. The molecule has 1 atom stereocenters. The molecule has 0 bridgehead atoms. The average molecular weight is 482 g/mol. The van der Waals surface area contributed by atoms with Gasteiger partial charge in [0, 0.05) is 28.9 Å². The monoisotopic (exact) mass is 481 g/mol. The van der Waals surface area contributed by atoms with Gasteiger partial charge in [0.15, 0.2) is 0 Å². The fourth-order valence-electron chi connectivity index (χ4n) is 3.83. The molecule has 26 heavy (non-hydrogen) atoms. The number of carbonyl (C=O) groups is 1. The Bertz CT molecular complexity index is 807. The van der Waals surface area contributed by atoms with Crippen molar-refractivity contribution in [1.29, 1.82) is 0 Å². The van der Waals surface area contributed by atoms with Gasteiger partial charge in [0.2, 0.25) is 0 Å². The second kappa shape index (κ2) is 7.35. The van der Waals surface area contributed by atoms with Crippen molar-refractivity contribution in [3.8, 4) is 0 Å². The molecule has 2 aromatic rings. The molecule has 2 heterocycles. The van der Waals surface area contributed by atoms with E-state index in [9.17, 15) is 4.79 Å². The summed E-state index contributed by atoms with van der Waals surface area (Å²) in [6.45, 7) is 1.55. The van der Waals surface area contributed by atoms with Crippen LogP contribution in [0.2, 0.25) is 5.02 Å². The van der Waals surface area contributed by atoms with Crippen molar-refractivity contribution in [3.05, 3.63) is 56.8 Å². The molecule has 6 heteroatoms. The van der Waals surface area contributed by atoms with E-state index in [1.54, 1.807) is 6.20 Å². The molecule has 1 amide bonds. The molecule has 4 nitrogen and oxygen atoms in total. The Balaban J connectivity index is 1.51. The van der Waals surface area contributed by atoms with Crippen LogP contribution in [0.4, 0.5) is 5.82 Å². The molecule has 1 aliphatic heterocycles. The van der Waals surface area contributed by atoms with E-state index in [-0.39, 0.29) is 11.9 Å². The summed E-state index contributed by atoms with van der Waals surface area (Å²) in [6, 6.07) is 11.7. The Morgan fingerprint density at radius 1 is 1.27 bits per heavy atom. The molecular weight excluding hydrogens is 461 g/mol. The third-order valence-electron chi connectivity index (χ3n) is 5.56. The number of piperidine rings is 1. The number of hydrogen-bond donors (Lipinski definition) is 1. The van der Waals surface area contributed by atoms with Crippen molar-refractivity contribution in [3.63, 3.8) is 0 Å². The third kappa shape index (κ3) is 3.83. The van der Waals surface area contributed by atoms with Crippen LogP contribution in [0.5, 0.6) is 0 Å². The number of amides is 1. The molecule has 1 spiro atoms. The lowest BCUT2D eigenvalue weighted by Crippen LogP contribution is -2.50. The topological polar surface area (TPSA) is 45.2 Å². The zero-order chi connectivity index (χ0) is 18.1. The van der Waals surface area contributed by atoms with E-state index in [2.05, 4.69) is 37.8 Å². The van der Waals surface area contributed by atoms with Crippen LogP contribution in [0, 0.1) is 8.99 Å². The van der Waals surface area contributed by atoms with Crippen LogP contribution >= 0.6 is 34.2 Å². The summed E-state index contributed by atoms with van der Waals surface area (Å²) < 4.78 is 1.01. The molecule has 1 saturated heterocycles. The molecule has 2 aliphatic rings. The molecule has 1 aliphatic carbocycles. The maximum Gasteiger partial charge on any atom is 0.255 e. The highest BCUT2D eigenvalue weighted by Gasteiger charge is 2.49. The number of nitrogens with one attached hydrogen (secondary N) is 1. The number of carbonyl (C=O) groups excluding carboxylic acids is 1. The summed E-state index contributed by atoms with van der Waals surface area (Å²) in [5.74, 6) is 0.938. The van der Waals surface area contributed by atoms with Gasteiger partial charge in [-0.2, -0.15) is 0 Å². The van der Waals surface area contributed by atoms with E-state index < -0.39 is 0 Å². The minimum atomic E-state index is 0.140. The zero-order valence-corrected chi connectivity index (χ0v) is 17.3. The van der Waals surface area contributed by atoms with Crippen molar-refractivity contribution < 1.29 is 4.79 Å². The lowest BCUT2D eigenvalue weighted by Gasteiger charge is -2.40. The number of anilines is 1. The molecule has 1 aromatic heterocycles. The fourth-order valence-corrected chi connectivity index (χ4v) is 4.55. The van der Waals surface area contributed by atoms with Crippen molar-refractivity contribution in [2.75, 3.05) is 18.4 Å². The number of likely N-dealkylation sites (tertiary alicyclic amines) is 1. The zero-order valence-electron chi connectivity index (χ0n) is 14.4. The van der Waals surface area contributed by atoms with Crippen molar-refractivity contribution in [2.45, 2.75) is 31.7 Å². The van der Waals surface area contributed by atoms with E-state index in [1.807, 2.05) is 36.4 Å². The maximum atomic E-state index is 13.2. The first-order valence-electron chi connectivity index (χ1n) is 8.97.